The topological polar surface area (TPSA) is 91.8 Å². The van der Waals surface area contributed by atoms with E-state index in [1.54, 1.807) is 4.90 Å². The van der Waals surface area contributed by atoms with Crippen LogP contribution in [0.25, 0.3) is 5.57 Å². The first kappa shape index (κ1) is 29.8. The number of amides is 2. The molecule has 1 aliphatic heterocycles. The number of likely N-dealkylation sites (tertiary alicyclic amines) is 1. The number of phenolic OH excluding ortho intramolecular Hbond substituents is 1. The van der Waals surface area contributed by atoms with E-state index < -0.39 is 35.0 Å². The van der Waals surface area contributed by atoms with Gasteiger partial charge in [-0.3, -0.25) is 24.1 Å². The Morgan fingerprint density at radius 3 is 2.21 bits per heavy atom. The zero-order valence-corrected chi connectivity index (χ0v) is 26.6. The highest BCUT2D eigenvalue weighted by atomic mass is 16.3. The van der Waals surface area contributed by atoms with Gasteiger partial charge in [-0.05, 0) is 61.3 Å². The van der Waals surface area contributed by atoms with Crippen molar-refractivity contribution in [2.75, 3.05) is 0 Å². The number of phenols is 1. The van der Waals surface area contributed by atoms with E-state index >= 15 is 4.79 Å². The predicted molar refractivity (Wildman–Crippen MR) is 178 cm³/mol. The third kappa shape index (κ3) is 4.29. The Morgan fingerprint density at radius 2 is 1.49 bits per heavy atom. The Labute approximate surface area is 275 Å². The lowest BCUT2D eigenvalue weighted by molar-refractivity contribution is -0.144. The normalized spacial score (nSPS) is 30.7. The molecule has 238 valence electrons. The van der Waals surface area contributed by atoms with Gasteiger partial charge in [0.2, 0.25) is 11.8 Å². The molecule has 6 heteroatoms. The summed E-state index contributed by atoms with van der Waals surface area (Å²) in [7, 11) is 0. The van der Waals surface area contributed by atoms with Crippen molar-refractivity contribution < 1.29 is 24.3 Å². The Bertz CT molecular complexity index is 1850. The molecule has 1 N–H and O–H groups in total. The number of nitrogens with zero attached hydrogens (tertiary/aromatic N) is 1. The molecule has 3 aromatic carbocycles. The lowest BCUT2D eigenvalue weighted by Gasteiger charge is -2.55. The number of ketones is 2. The number of rotatable bonds is 4. The molecular formula is C41H39NO5. The summed E-state index contributed by atoms with van der Waals surface area (Å²) in [6.45, 7) is 1.83. The molecule has 3 fully saturated rings. The van der Waals surface area contributed by atoms with E-state index in [1.807, 2.05) is 85.8 Å². The number of aryl methyl sites for hydroxylation is 1. The van der Waals surface area contributed by atoms with Crippen molar-refractivity contribution in [3.63, 3.8) is 0 Å². The smallest absolute Gasteiger partial charge is 0.233 e. The number of fused-ring (bicyclic) bond motifs is 4. The summed E-state index contributed by atoms with van der Waals surface area (Å²) < 4.78 is 0. The first-order chi connectivity index (χ1) is 22.8. The Hall–Kier alpha value is -4.58. The second-order valence-corrected chi connectivity index (χ2v) is 14.1. The summed E-state index contributed by atoms with van der Waals surface area (Å²) in [5.41, 5.74) is 2.56. The quantitative estimate of drug-likeness (QED) is 0.253. The molecule has 0 aromatic heterocycles. The van der Waals surface area contributed by atoms with Crippen molar-refractivity contribution in [1.82, 2.24) is 4.90 Å². The number of para-hydroxylation sites is 1. The van der Waals surface area contributed by atoms with Crippen molar-refractivity contribution >= 4 is 29.0 Å². The Kier molecular flexibility index (Phi) is 7.16. The molecule has 6 nitrogen and oxygen atoms in total. The highest BCUT2D eigenvalue weighted by Gasteiger charge is 2.66. The second-order valence-electron chi connectivity index (χ2n) is 14.1. The van der Waals surface area contributed by atoms with Gasteiger partial charge in [0.25, 0.3) is 0 Å². The highest BCUT2D eigenvalue weighted by Crippen LogP contribution is 2.64. The average molecular weight is 626 g/mol. The molecule has 1 heterocycles. The van der Waals surface area contributed by atoms with Gasteiger partial charge < -0.3 is 5.11 Å². The average Bonchev–Trinajstić information content (AvgIpc) is 3.37. The fourth-order valence-corrected chi connectivity index (χ4v) is 9.86. The van der Waals surface area contributed by atoms with E-state index in [0.29, 0.717) is 28.7 Å². The number of aromatic hydroxyl groups is 1. The highest BCUT2D eigenvalue weighted by molar-refractivity contribution is 6.31. The zero-order valence-electron chi connectivity index (χ0n) is 26.6. The van der Waals surface area contributed by atoms with Gasteiger partial charge in [-0.25, -0.2) is 0 Å². The van der Waals surface area contributed by atoms with Crippen LogP contribution in [0.5, 0.6) is 5.75 Å². The van der Waals surface area contributed by atoms with E-state index in [-0.39, 0.29) is 41.6 Å². The fraction of sp³-hybridized carbons (Fsp3) is 0.366. The number of benzene rings is 3. The summed E-state index contributed by atoms with van der Waals surface area (Å²) in [4.78, 5) is 60.1. The van der Waals surface area contributed by atoms with Gasteiger partial charge in [0, 0.05) is 29.0 Å². The third-order valence-corrected chi connectivity index (χ3v) is 11.9. The number of hydrogen-bond acceptors (Lipinski definition) is 5. The van der Waals surface area contributed by atoms with Crippen molar-refractivity contribution in [3.05, 3.63) is 119 Å². The lowest BCUT2D eigenvalue weighted by Crippen LogP contribution is -2.58. The standard InChI is InChI=1S/C41H39NO5/c1-24-12-11-19-30(37(24)44)36-28-20-21-29-35(40(47)42(39(29)46)27-17-9-4-10-18-27)32(28)22-33-38(45)31(25-13-5-2-6-14-25)23-34(43)41(33,36)26-15-7-3-8-16-26/h2-3,5-8,11-16,19-20,23,27,29,32-33,35-36,44H,4,9-10,17-18,21-22H2,1H3. The molecule has 47 heavy (non-hydrogen) atoms. The van der Waals surface area contributed by atoms with Crippen LogP contribution in [0.4, 0.5) is 0 Å². The Balaban J connectivity index is 1.36. The molecule has 0 spiro atoms. The van der Waals surface area contributed by atoms with Crippen LogP contribution in [0, 0.1) is 30.6 Å². The maximum Gasteiger partial charge on any atom is 0.233 e. The van der Waals surface area contributed by atoms with Gasteiger partial charge in [0.05, 0.1) is 17.3 Å². The van der Waals surface area contributed by atoms with Crippen molar-refractivity contribution in [3.8, 4) is 5.75 Å². The van der Waals surface area contributed by atoms with Crippen molar-refractivity contribution in [2.45, 2.75) is 69.2 Å². The fourth-order valence-electron chi connectivity index (χ4n) is 9.86. The van der Waals surface area contributed by atoms with Crippen LogP contribution >= 0.6 is 0 Å². The van der Waals surface area contributed by atoms with E-state index in [4.69, 9.17) is 0 Å². The van der Waals surface area contributed by atoms with Gasteiger partial charge in [-0.2, -0.15) is 0 Å². The zero-order chi connectivity index (χ0) is 32.4. The summed E-state index contributed by atoms with van der Waals surface area (Å²) in [5.74, 6) is -3.46. The third-order valence-electron chi connectivity index (χ3n) is 11.9. The van der Waals surface area contributed by atoms with E-state index in [9.17, 15) is 19.5 Å². The van der Waals surface area contributed by atoms with Gasteiger partial charge >= 0.3 is 0 Å². The van der Waals surface area contributed by atoms with Gasteiger partial charge in [-0.1, -0.05) is 110 Å². The molecule has 1 saturated heterocycles. The summed E-state index contributed by atoms with van der Waals surface area (Å²) >= 11 is 0. The first-order valence-electron chi connectivity index (χ1n) is 17.1. The van der Waals surface area contributed by atoms with Gasteiger partial charge in [-0.15, -0.1) is 0 Å². The van der Waals surface area contributed by atoms with Crippen LogP contribution < -0.4 is 0 Å². The van der Waals surface area contributed by atoms with Crippen LogP contribution in [0.3, 0.4) is 0 Å². The number of carbonyl (C=O) groups excluding carboxylic acids is 4. The van der Waals surface area contributed by atoms with Crippen LogP contribution in [0.1, 0.15) is 73.1 Å². The summed E-state index contributed by atoms with van der Waals surface area (Å²) in [5, 5.41) is 11.7. The molecule has 6 atom stereocenters. The molecule has 4 aliphatic carbocycles. The minimum atomic E-state index is -1.34. The lowest BCUT2D eigenvalue weighted by atomic mass is 9.44. The molecule has 2 amide bonds. The number of allylic oxidation sites excluding steroid dienone is 4. The summed E-state index contributed by atoms with van der Waals surface area (Å²) in [6, 6.07) is 24.3. The second kappa shape index (κ2) is 11.3. The SMILES string of the molecule is Cc1cccc(C2C3=CCC4C(=O)N(C5CCCCC5)C(=O)C4C3CC3C(=O)C(c4ccccc4)=CC(=O)C32c2ccccc2)c1O. The number of Topliss-reactive ketones (excluding diaryl/α,β-unsaturated/α-hetero) is 1. The molecular weight excluding hydrogens is 586 g/mol. The monoisotopic (exact) mass is 625 g/mol. The molecule has 0 bridgehead atoms. The molecule has 0 radical (unpaired) electrons. The van der Waals surface area contributed by atoms with Crippen molar-refractivity contribution in [2.24, 2.45) is 23.7 Å². The van der Waals surface area contributed by atoms with E-state index in [1.165, 1.54) is 6.08 Å². The van der Waals surface area contributed by atoms with Gasteiger partial charge in [0.15, 0.2) is 11.6 Å². The molecule has 3 aromatic rings. The van der Waals surface area contributed by atoms with Crippen molar-refractivity contribution in [1.29, 1.82) is 0 Å². The number of hydrogen-bond donors (Lipinski definition) is 1. The minimum absolute atomic E-state index is 0.0769. The van der Waals surface area contributed by atoms with Crippen LogP contribution in [-0.4, -0.2) is 39.4 Å². The predicted octanol–water partition coefficient (Wildman–Crippen LogP) is 6.86. The van der Waals surface area contributed by atoms with E-state index in [0.717, 1.165) is 43.2 Å². The minimum Gasteiger partial charge on any atom is -0.507 e. The molecule has 6 unspecified atom stereocenters. The van der Waals surface area contributed by atoms with E-state index in [2.05, 4.69) is 6.08 Å². The van der Waals surface area contributed by atoms with Gasteiger partial charge in [0.1, 0.15) is 5.75 Å². The maximum atomic E-state index is 15.1. The molecule has 5 aliphatic rings. The number of imide groups is 1. The molecule has 2 saturated carbocycles. The molecule has 8 rings (SSSR count). The summed E-state index contributed by atoms with van der Waals surface area (Å²) in [6.07, 6.45) is 9.06. The van der Waals surface area contributed by atoms with Crippen LogP contribution in [0.2, 0.25) is 0 Å². The number of carbonyl (C=O) groups is 4. The largest absolute Gasteiger partial charge is 0.507 e. The van der Waals surface area contributed by atoms with Crippen LogP contribution in [0.15, 0.2) is 96.6 Å². The maximum absolute atomic E-state index is 15.1. The first-order valence-corrected chi connectivity index (χ1v) is 17.1. The van der Waals surface area contributed by atoms with Crippen LogP contribution in [-0.2, 0) is 24.6 Å². The Morgan fingerprint density at radius 1 is 0.787 bits per heavy atom.